The third-order valence-electron chi connectivity index (χ3n) is 9.17. The number of para-hydroxylation sites is 1. The van der Waals surface area contributed by atoms with Crippen molar-refractivity contribution < 1.29 is 4.42 Å². The second-order valence-corrected chi connectivity index (χ2v) is 13.2. The van der Waals surface area contributed by atoms with E-state index in [0.717, 1.165) is 81.3 Å². The molecule has 0 bridgehead atoms. The zero-order chi connectivity index (χ0) is 33.0. The molecule has 0 aliphatic heterocycles. The van der Waals surface area contributed by atoms with Gasteiger partial charge in [0.2, 0.25) is 0 Å². The zero-order valence-corrected chi connectivity index (χ0v) is 27.4. The van der Waals surface area contributed by atoms with E-state index in [4.69, 9.17) is 24.4 Å². The minimum atomic E-state index is 0.549. The molecule has 0 saturated carbocycles. The van der Waals surface area contributed by atoms with Crippen molar-refractivity contribution in [2.24, 2.45) is 0 Å². The normalized spacial score (nSPS) is 11.6. The van der Waals surface area contributed by atoms with Gasteiger partial charge in [-0.15, -0.1) is 11.3 Å². The average Bonchev–Trinajstić information content (AvgIpc) is 3.79. The zero-order valence-electron chi connectivity index (χ0n) is 26.6. The molecule has 0 saturated heterocycles. The van der Waals surface area contributed by atoms with Crippen LogP contribution >= 0.6 is 11.3 Å². The van der Waals surface area contributed by atoms with E-state index in [1.165, 1.54) is 0 Å². The molecule has 0 spiro atoms. The summed E-state index contributed by atoms with van der Waals surface area (Å²) in [7, 11) is 0. The lowest BCUT2D eigenvalue weighted by atomic mass is 9.93. The van der Waals surface area contributed by atoms with Crippen molar-refractivity contribution in [3.05, 3.63) is 158 Å². The topological polar surface area (TPSA) is 64.7 Å². The number of rotatable bonds is 5. The molecule has 7 aromatic carbocycles. The number of furan rings is 1. The van der Waals surface area contributed by atoms with E-state index in [1.54, 1.807) is 11.3 Å². The van der Waals surface area contributed by atoms with E-state index in [2.05, 4.69) is 84.9 Å². The highest BCUT2D eigenvalue weighted by atomic mass is 32.1. The maximum absolute atomic E-state index is 6.50. The summed E-state index contributed by atoms with van der Waals surface area (Å²) in [5, 5.41) is 5.15. The van der Waals surface area contributed by atoms with Gasteiger partial charge in [0, 0.05) is 39.1 Å². The highest BCUT2D eigenvalue weighted by molar-refractivity contribution is 7.21. The van der Waals surface area contributed by atoms with Crippen molar-refractivity contribution in [2.45, 2.75) is 0 Å². The highest BCUT2D eigenvalue weighted by Gasteiger charge is 2.24. The molecule has 234 valence electrons. The van der Waals surface area contributed by atoms with E-state index < -0.39 is 0 Å². The molecule has 3 heterocycles. The molecule has 0 unspecified atom stereocenters. The van der Waals surface area contributed by atoms with Crippen LogP contribution in [0.15, 0.2) is 162 Å². The van der Waals surface area contributed by atoms with E-state index >= 15 is 0 Å². The number of thiazole rings is 1. The molecule has 6 heteroatoms. The molecular formula is C44H26N4OS. The molecule has 5 nitrogen and oxygen atoms in total. The molecule has 50 heavy (non-hydrogen) atoms. The van der Waals surface area contributed by atoms with Gasteiger partial charge in [0.1, 0.15) is 16.2 Å². The van der Waals surface area contributed by atoms with Crippen molar-refractivity contribution in [1.82, 2.24) is 19.9 Å². The molecular weight excluding hydrogens is 633 g/mol. The van der Waals surface area contributed by atoms with E-state index in [0.29, 0.717) is 17.5 Å². The van der Waals surface area contributed by atoms with Crippen LogP contribution in [0, 0.1) is 0 Å². The van der Waals surface area contributed by atoms with Crippen molar-refractivity contribution in [3.63, 3.8) is 0 Å². The summed E-state index contributed by atoms with van der Waals surface area (Å²) >= 11 is 1.64. The van der Waals surface area contributed by atoms with Gasteiger partial charge in [-0.1, -0.05) is 140 Å². The summed E-state index contributed by atoms with van der Waals surface area (Å²) < 4.78 is 7.50. The maximum Gasteiger partial charge on any atom is 0.167 e. The molecule has 0 radical (unpaired) electrons. The Morgan fingerprint density at radius 1 is 0.440 bits per heavy atom. The van der Waals surface area contributed by atoms with Crippen LogP contribution in [0.4, 0.5) is 0 Å². The molecule has 0 fully saturated rings. The number of hydrogen-bond acceptors (Lipinski definition) is 6. The van der Waals surface area contributed by atoms with Crippen LogP contribution in [0.5, 0.6) is 0 Å². The Labute approximate surface area is 291 Å². The molecule has 10 aromatic rings. The van der Waals surface area contributed by atoms with Crippen LogP contribution in [0.25, 0.3) is 98.8 Å². The van der Waals surface area contributed by atoms with Crippen molar-refractivity contribution in [1.29, 1.82) is 0 Å². The maximum atomic E-state index is 6.50. The van der Waals surface area contributed by atoms with Gasteiger partial charge in [0.15, 0.2) is 17.5 Å². The fourth-order valence-electron chi connectivity index (χ4n) is 6.89. The molecule has 0 aliphatic rings. The summed E-state index contributed by atoms with van der Waals surface area (Å²) in [6.45, 7) is 0. The van der Waals surface area contributed by atoms with Crippen molar-refractivity contribution in [3.8, 4) is 55.9 Å². The van der Waals surface area contributed by atoms with Crippen LogP contribution in [-0.4, -0.2) is 19.9 Å². The number of benzene rings is 7. The lowest BCUT2D eigenvalue weighted by Gasteiger charge is -2.15. The smallest absolute Gasteiger partial charge is 0.167 e. The van der Waals surface area contributed by atoms with Crippen LogP contribution in [-0.2, 0) is 0 Å². The van der Waals surface area contributed by atoms with Crippen LogP contribution in [0.1, 0.15) is 0 Å². The third-order valence-corrected chi connectivity index (χ3v) is 10.2. The van der Waals surface area contributed by atoms with E-state index in [-0.39, 0.29) is 0 Å². The molecule has 0 atom stereocenters. The van der Waals surface area contributed by atoms with Crippen LogP contribution in [0.2, 0.25) is 0 Å². The second-order valence-electron chi connectivity index (χ2n) is 12.2. The van der Waals surface area contributed by atoms with Gasteiger partial charge in [-0.05, 0) is 28.5 Å². The largest absolute Gasteiger partial charge is 0.456 e. The van der Waals surface area contributed by atoms with Gasteiger partial charge >= 0.3 is 0 Å². The Kier molecular flexibility index (Phi) is 6.60. The Bertz CT molecular complexity index is 2860. The standard InChI is InChI=1S/C44H26N4OS/c1-4-15-28(16-5-1)37-31-21-11-10-14-27(31)24-25-33(37)42-46-41(29-17-6-2-7-18-29)47-43(48-42)39-38-32-22-12-13-23-34(32)49-35(38)26-36-40(39)45-44(50-36)30-19-8-3-9-20-30/h1-26H. The monoisotopic (exact) mass is 658 g/mol. The lowest BCUT2D eigenvalue weighted by Crippen LogP contribution is -2.02. The van der Waals surface area contributed by atoms with Crippen molar-refractivity contribution >= 4 is 54.3 Å². The predicted octanol–water partition coefficient (Wildman–Crippen LogP) is 11.9. The molecule has 3 aromatic heterocycles. The van der Waals surface area contributed by atoms with Gasteiger partial charge in [-0.3, -0.25) is 0 Å². The fraction of sp³-hybridized carbons (Fsp3) is 0. The van der Waals surface area contributed by atoms with E-state index in [1.807, 2.05) is 72.8 Å². The number of fused-ring (bicyclic) bond motifs is 5. The Balaban J connectivity index is 1.33. The first-order chi connectivity index (χ1) is 24.8. The Hall–Kier alpha value is -6.50. The van der Waals surface area contributed by atoms with Gasteiger partial charge in [-0.25, -0.2) is 19.9 Å². The molecule has 0 amide bonds. The summed E-state index contributed by atoms with van der Waals surface area (Å²) in [6.07, 6.45) is 0. The average molecular weight is 659 g/mol. The Morgan fingerprint density at radius 3 is 1.84 bits per heavy atom. The first-order valence-corrected chi connectivity index (χ1v) is 17.3. The Morgan fingerprint density at radius 2 is 1.06 bits per heavy atom. The molecule has 0 N–H and O–H groups in total. The van der Waals surface area contributed by atoms with Gasteiger partial charge < -0.3 is 4.42 Å². The molecule has 0 aliphatic carbocycles. The minimum absolute atomic E-state index is 0.549. The number of nitrogens with zero attached hydrogens (tertiary/aromatic N) is 4. The van der Waals surface area contributed by atoms with Gasteiger partial charge in [-0.2, -0.15) is 0 Å². The number of hydrogen-bond donors (Lipinski definition) is 0. The first-order valence-electron chi connectivity index (χ1n) is 16.5. The highest BCUT2D eigenvalue weighted by Crippen LogP contribution is 2.45. The summed E-state index contributed by atoms with van der Waals surface area (Å²) in [6, 6.07) is 53.9. The second kappa shape index (κ2) is 11.6. The quantitative estimate of drug-likeness (QED) is 0.184. The third kappa shape index (κ3) is 4.69. The molecule has 10 rings (SSSR count). The lowest BCUT2D eigenvalue weighted by molar-refractivity contribution is 0.669. The summed E-state index contributed by atoms with van der Waals surface area (Å²) in [5.41, 5.74) is 8.33. The number of aromatic nitrogens is 4. The minimum Gasteiger partial charge on any atom is -0.456 e. The van der Waals surface area contributed by atoms with E-state index in [9.17, 15) is 0 Å². The van der Waals surface area contributed by atoms with Crippen molar-refractivity contribution in [2.75, 3.05) is 0 Å². The van der Waals surface area contributed by atoms with Crippen LogP contribution < -0.4 is 0 Å². The van der Waals surface area contributed by atoms with Crippen LogP contribution in [0.3, 0.4) is 0 Å². The summed E-state index contributed by atoms with van der Waals surface area (Å²) in [4.78, 5) is 21.1. The fourth-order valence-corrected chi connectivity index (χ4v) is 7.90. The van der Waals surface area contributed by atoms with Gasteiger partial charge in [0.25, 0.3) is 0 Å². The SMILES string of the molecule is c1ccc(-c2nc(-c3ccc4ccccc4c3-c3ccccc3)nc(-c3c4nc(-c5ccccc5)sc4cc4oc5ccccc5c34)n2)cc1. The summed E-state index contributed by atoms with van der Waals surface area (Å²) in [5.74, 6) is 1.73. The van der Waals surface area contributed by atoms with Gasteiger partial charge in [0.05, 0.1) is 15.8 Å². The first kappa shape index (κ1) is 28.5. The predicted molar refractivity (Wildman–Crippen MR) is 205 cm³/mol.